The summed E-state index contributed by atoms with van der Waals surface area (Å²) >= 11 is 1.31. The lowest BCUT2D eigenvalue weighted by atomic mass is 10.3. The van der Waals surface area contributed by atoms with Gasteiger partial charge < -0.3 is 15.2 Å². The van der Waals surface area contributed by atoms with E-state index in [-0.39, 0.29) is 11.1 Å². The highest BCUT2D eigenvalue weighted by Crippen LogP contribution is 2.16. The van der Waals surface area contributed by atoms with E-state index in [0.717, 1.165) is 18.0 Å². The maximum Gasteiger partial charge on any atom is 0.281 e. The van der Waals surface area contributed by atoms with Crippen LogP contribution in [0.15, 0.2) is 12.5 Å². The molecule has 2 rings (SSSR count). The highest BCUT2D eigenvalue weighted by atomic mass is 32.2. The molecule has 1 fully saturated rings. The number of rotatable bonds is 5. The average Bonchev–Trinajstić information content (AvgIpc) is 2.95. The van der Waals surface area contributed by atoms with E-state index in [1.165, 1.54) is 11.8 Å². The van der Waals surface area contributed by atoms with Gasteiger partial charge in [-0.25, -0.2) is 4.98 Å². The molecule has 0 spiro atoms. The van der Waals surface area contributed by atoms with Crippen LogP contribution in [0.1, 0.15) is 12.1 Å². The Morgan fingerprint density at radius 3 is 3.18 bits per heavy atom. The van der Waals surface area contributed by atoms with Gasteiger partial charge in [-0.1, -0.05) is 11.8 Å². The molecule has 92 valence electrons. The summed E-state index contributed by atoms with van der Waals surface area (Å²) in [4.78, 5) is 31.3. The molecule has 0 saturated carbocycles. The molecule has 0 unspecified atom stereocenters. The van der Waals surface area contributed by atoms with Crippen LogP contribution in [0.2, 0.25) is 0 Å². The fourth-order valence-corrected chi connectivity index (χ4v) is 2.38. The van der Waals surface area contributed by atoms with Crippen molar-refractivity contribution >= 4 is 22.9 Å². The van der Waals surface area contributed by atoms with Gasteiger partial charge in [0.1, 0.15) is 0 Å². The zero-order chi connectivity index (χ0) is 12.1. The molecule has 17 heavy (non-hydrogen) atoms. The Kier molecular flexibility index (Phi) is 4.03. The molecule has 1 aliphatic heterocycles. The molecule has 1 aromatic heterocycles. The fourth-order valence-electron chi connectivity index (χ4n) is 1.53. The fraction of sp³-hybridized carbons (Fsp3) is 0.500. The number of carbonyl (C=O) groups is 2. The molecule has 0 aliphatic carbocycles. The van der Waals surface area contributed by atoms with E-state index in [4.69, 9.17) is 0 Å². The van der Waals surface area contributed by atoms with Crippen LogP contribution >= 0.6 is 11.8 Å². The molecule has 0 aromatic carbocycles. The van der Waals surface area contributed by atoms with Crippen LogP contribution in [-0.4, -0.2) is 44.9 Å². The Morgan fingerprint density at radius 2 is 2.53 bits per heavy atom. The summed E-state index contributed by atoms with van der Waals surface area (Å²) in [5, 5.41) is 2.84. The molecule has 7 heteroatoms. The lowest BCUT2D eigenvalue weighted by Gasteiger charge is -2.13. The SMILES string of the molecule is O=C(CCN1CCSC1=O)NCc1cnc[nH]1. The molecular weight excluding hydrogens is 240 g/mol. The van der Waals surface area contributed by atoms with Crippen LogP contribution in [0.25, 0.3) is 0 Å². The predicted octanol–water partition coefficient (Wildman–Crippen LogP) is 0.585. The first kappa shape index (κ1) is 12.0. The molecule has 1 aliphatic rings. The van der Waals surface area contributed by atoms with Crippen LogP contribution < -0.4 is 5.32 Å². The number of imidazole rings is 1. The second-order valence-electron chi connectivity index (χ2n) is 3.70. The molecule has 1 aromatic rings. The van der Waals surface area contributed by atoms with Gasteiger partial charge in [-0.3, -0.25) is 9.59 Å². The summed E-state index contributed by atoms with van der Waals surface area (Å²) in [7, 11) is 0. The average molecular weight is 254 g/mol. The number of carbonyl (C=O) groups excluding carboxylic acids is 2. The van der Waals surface area contributed by atoms with Crippen molar-refractivity contribution in [1.82, 2.24) is 20.2 Å². The third kappa shape index (κ3) is 3.48. The molecule has 2 N–H and O–H groups in total. The van der Waals surface area contributed by atoms with Gasteiger partial charge in [-0.15, -0.1) is 0 Å². The zero-order valence-electron chi connectivity index (χ0n) is 9.31. The summed E-state index contributed by atoms with van der Waals surface area (Å²) in [6.07, 6.45) is 3.59. The summed E-state index contributed by atoms with van der Waals surface area (Å²) in [5.74, 6) is 0.776. The first-order valence-electron chi connectivity index (χ1n) is 5.41. The largest absolute Gasteiger partial charge is 0.350 e. The number of nitrogens with one attached hydrogen (secondary N) is 2. The number of aromatic nitrogens is 2. The summed E-state index contributed by atoms with van der Waals surface area (Å²) in [6.45, 7) is 1.69. The van der Waals surface area contributed by atoms with Gasteiger partial charge >= 0.3 is 0 Å². The van der Waals surface area contributed by atoms with E-state index < -0.39 is 0 Å². The molecule has 0 bridgehead atoms. The molecule has 0 radical (unpaired) electrons. The maximum absolute atomic E-state index is 11.5. The van der Waals surface area contributed by atoms with Crippen molar-refractivity contribution < 1.29 is 9.59 Å². The first-order chi connectivity index (χ1) is 8.25. The topological polar surface area (TPSA) is 78.1 Å². The molecule has 0 atom stereocenters. The van der Waals surface area contributed by atoms with Crippen molar-refractivity contribution in [2.45, 2.75) is 13.0 Å². The normalized spacial score (nSPS) is 15.3. The van der Waals surface area contributed by atoms with Gasteiger partial charge in [-0.2, -0.15) is 0 Å². The number of hydrogen-bond donors (Lipinski definition) is 2. The van der Waals surface area contributed by atoms with Gasteiger partial charge in [0.15, 0.2) is 0 Å². The standard InChI is InChI=1S/C10H14N4O2S/c15-9(12-6-8-5-11-7-13-8)1-2-14-3-4-17-10(14)16/h5,7H,1-4,6H2,(H,11,13)(H,12,15). The molecule has 1 saturated heterocycles. The third-order valence-corrected chi connectivity index (χ3v) is 3.38. The van der Waals surface area contributed by atoms with Crippen LogP contribution in [0.3, 0.4) is 0 Å². The van der Waals surface area contributed by atoms with Crippen molar-refractivity contribution in [2.24, 2.45) is 0 Å². The first-order valence-corrected chi connectivity index (χ1v) is 6.40. The number of aromatic amines is 1. The number of hydrogen-bond acceptors (Lipinski definition) is 4. The summed E-state index contributed by atoms with van der Waals surface area (Å²) in [5.41, 5.74) is 0.867. The Bertz CT molecular complexity index is 393. The van der Waals surface area contributed by atoms with Crippen molar-refractivity contribution in [3.05, 3.63) is 18.2 Å². The molecule has 2 heterocycles. The van der Waals surface area contributed by atoms with Gasteiger partial charge in [-0.05, 0) is 0 Å². The smallest absolute Gasteiger partial charge is 0.281 e. The number of thioether (sulfide) groups is 1. The van der Waals surface area contributed by atoms with Crippen molar-refractivity contribution in [3.63, 3.8) is 0 Å². The van der Waals surface area contributed by atoms with Gasteiger partial charge in [0.05, 0.1) is 18.6 Å². The second kappa shape index (κ2) is 5.72. The second-order valence-corrected chi connectivity index (χ2v) is 4.75. The third-order valence-electron chi connectivity index (χ3n) is 2.48. The molecular formula is C10H14N4O2S. The van der Waals surface area contributed by atoms with Crippen molar-refractivity contribution in [2.75, 3.05) is 18.8 Å². The Labute approximate surface area is 103 Å². The quantitative estimate of drug-likeness (QED) is 0.806. The highest BCUT2D eigenvalue weighted by molar-refractivity contribution is 8.13. The number of nitrogens with zero attached hydrogens (tertiary/aromatic N) is 2. The Hall–Kier alpha value is -1.50. The van der Waals surface area contributed by atoms with Crippen LogP contribution in [0.4, 0.5) is 4.79 Å². The van der Waals surface area contributed by atoms with E-state index in [2.05, 4.69) is 15.3 Å². The monoisotopic (exact) mass is 254 g/mol. The van der Waals surface area contributed by atoms with Crippen molar-refractivity contribution in [1.29, 1.82) is 0 Å². The van der Waals surface area contributed by atoms with Gasteiger partial charge in [0.25, 0.3) is 5.24 Å². The minimum absolute atomic E-state index is 0.0516. The van der Waals surface area contributed by atoms with E-state index in [1.807, 2.05) is 0 Å². The van der Waals surface area contributed by atoms with E-state index >= 15 is 0 Å². The molecule has 6 nitrogen and oxygen atoms in total. The lowest BCUT2D eigenvalue weighted by molar-refractivity contribution is -0.121. The van der Waals surface area contributed by atoms with Crippen LogP contribution in [0, 0.1) is 0 Å². The minimum atomic E-state index is -0.0516. The lowest BCUT2D eigenvalue weighted by Crippen LogP contribution is -2.30. The van der Waals surface area contributed by atoms with Crippen LogP contribution in [0.5, 0.6) is 0 Å². The maximum atomic E-state index is 11.5. The minimum Gasteiger partial charge on any atom is -0.350 e. The van der Waals surface area contributed by atoms with Crippen LogP contribution in [-0.2, 0) is 11.3 Å². The zero-order valence-corrected chi connectivity index (χ0v) is 10.1. The summed E-state index contributed by atoms with van der Waals surface area (Å²) in [6, 6.07) is 0. The highest BCUT2D eigenvalue weighted by Gasteiger charge is 2.21. The Morgan fingerprint density at radius 1 is 1.65 bits per heavy atom. The van der Waals surface area contributed by atoms with E-state index in [1.54, 1.807) is 17.4 Å². The molecule has 2 amide bonds. The van der Waals surface area contributed by atoms with Gasteiger partial charge in [0, 0.05) is 31.5 Å². The van der Waals surface area contributed by atoms with E-state index in [9.17, 15) is 9.59 Å². The summed E-state index contributed by atoms with van der Waals surface area (Å²) < 4.78 is 0. The van der Waals surface area contributed by atoms with Crippen molar-refractivity contribution in [3.8, 4) is 0 Å². The van der Waals surface area contributed by atoms with E-state index in [0.29, 0.717) is 19.5 Å². The number of H-pyrrole nitrogens is 1. The van der Waals surface area contributed by atoms with Gasteiger partial charge in [0.2, 0.25) is 5.91 Å². The number of amides is 2. The predicted molar refractivity (Wildman–Crippen MR) is 64.5 cm³/mol. The Balaban J connectivity index is 1.65.